The van der Waals surface area contributed by atoms with Gasteiger partial charge in [-0.1, -0.05) is 30.0 Å². The van der Waals surface area contributed by atoms with Gasteiger partial charge < -0.3 is 4.74 Å². The van der Waals surface area contributed by atoms with Gasteiger partial charge >= 0.3 is 0 Å². The normalized spacial score (nSPS) is 12.1. The Morgan fingerprint density at radius 3 is 2.54 bits per heavy atom. The molecule has 4 rings (SSSR count). The summed E-state index contributed by atoms with van der Waals surface area (Å²) in [5.74, 6) is 0.762. The van der Waals surface area contributed by atoms with E-state index in [0.717, 1.165) is 21.8 Å². The fourth-order valence-corrected chi connectivity index (χ4v) is 3.84. The number of para-hydroxylation sites is 1. The van der Waals surface area contributed by atoms with Gasteiger partial charge in [0.05, 0.1) is 29.6 Å². The van der Waals surface area contributed by atoms with Gasteiger partial charge in [0, 0.05) is 5.56 Å². The standard InChI is InChI=1S/C21H18N4O2S/c1-14(19(26)15-8-10-17(27-2)11-9-15)28-21-18-12-24-25(20(18)22-13-23-21)16-6-4-3-5-7-16/h3-14H,1-2H3. The van der Waals surface area contributed by atoms with E-state index < -0.39 is 0 Å². The quantitative estimate of drug-likeness (QED) is 0.279. The van der Waals surface area contributed by atoms with E-state index in [9.17, 15) is 4.79 Å². The Morgan fingerprint density at radius 1 is 1.07 bits per heavy atom. The number of Topliss-reactive ketones (excluding diaryl/α,β-unsaturated/α-hetero) is 1. The first-order valence-corrected chi connectivity index (χ1v) is 9.64. The molecule has 28 heavy (non-hydrogen) atoms. The van der Waals surface area contributed by atoms with Crippen LogP contribution < -0.4 is 4.74 Å². The summed E-state index contributed by atoms with van der Waals surface area (Å²) in [6.07, 6.45) is 3.26. The third-order valence-electron chi connectivity index (χ3n) is 4.36. The van der Waals surface area contributed by atoms with E-state index in [1.807, 2.05) is 37.3 Å². The predicted molar refractivity (Wildman–Crippen MR) is 109 cm³/mol. The number of ketones is 1. The summed E-state index contributed by atoms with van der Waals surface area (Å²) in [7, 11) is 1.60. The van der Waals surface area contributed by atoms with Crippen molar-refractivity contribution < 1.29 is 9.53 Å². The van der Waals surface area contributed by atoms with Crippen LogP contribution in [0.4, 0.5) is 0 Å². The first kappa shape index (κ1) is 18.2. The molecule has 2 aromatic heterocycles. The molecule has 0 N–H and O–H groups in total. The van der Waals surface area contributed by atoms with Gasteiger partial charge in [-0.25, -0.2) is 14.6 Å². The van der Waals surface area contributed by atoms with Crippen LogP contribution in [-0.2, 0) is 0 Å². The molecule has 0 bridgehead atoms. The molecule has 0 aliphatic carbocycles. The van der Waals surface area contributed by atoms with Crippen LogP contribution in [-0.4, -0.2) is 37.9 Å². The van der Waals surface area contributed by atoms with Gasteiger partial charge in [-0.2, -0.15) is 5.10 Å². The number of carbonyl (C=O) groups is 1. The summed E-state index contributed by atoms with van der Waals surface area (Å²) in [6.45, 7) is 1.88. The SMILES string of the molecule is COc1ccc(C(=O)C(C)Sc2ncnc3c2cnn3-c2ccccc2)cc1. The van der Waals surface area contributed by atoms with Crippen molar-refractivity contribution in [1.82, 2.24) is 19.7 Å². The zero-order valence-corrected chi connectivity index (χ0v) is 16.3. The van der Waals surface area contributed by atoms with E-state index in [1.165, 1.54) is 18.1 Å². The maximum Gasteiger partial charge on any atom is 0.175 e. The zero-order chi connectivity index (χ0) is 19.5. The molecule has 0 saturated heterocycles. The lowest BCUT2D eigenvalue weighted by molar-refractivity contribution is 0.0994. The van der Waals surface area contributed by atoms with Crippen LogP contribution >= 0.6 is 11.8 Å². The highest BCUT2D eigenvalue weighted by molar-refractivity contribution is 8.00. The molecule has 0 amide bonds. The molecule has 7 heteroatoms. The predicted octanol–water partition coefficient (Wildman–Crippen LogP) is 4.19. The smallest absolute Gasteiger partial charge is 0.175 e. The molecule has 140 valence electrons. The molecular weight excluding hydrogens is 372 g/mol. The minimum atomic E-state index is -0.299. The third-order valence-corrected chi connectivity index (χ3v) is 5.48. The highest BCUT2D eigenvalue weighted by atomic mass is 32.2. The first-order chi connectivity index (χ1) is 13.7. The summed E-state index contributed by atoms with van der Waals surface area (Å²) >= 11 is 1.41. The molecule has 2 heterocycles. The highest BCUT2D eigenvalue weighted by Gasteiger charge is 2.20. The molecule has 4 aromatic rings. The maximum atomic E-state index is 12.8. The van der Waals surface area contributed by atoms with E-state index in [0.29, 0.717) is 11.2 Å². The lowest BCUT2D eigenvalue weighted by Gasteiger charge is -2.11. The number of hydrogen-bond acceptors (Lipinski definition) is 6. The molecule has 0 saturated carbocycles. The summed E-state index contributed by atoms with van der Waals surface area (Å²) in [5.41, 5.74) is 2.29. The number of carbonyl (C=O) groups excluding carboxylic acids is 1. The van der Waals surface area contributed by atoms with Gasteiger partial charge in [0.15, 0.2) is 11.4 Å². The Morgan fingerprint density at radius 2 is 1.82 bits per heavy atom. The van der Waals surface area contributed by atoms with Crippen LogP contribution in [0.15, 0.2) is 72.1 Å². The number of hydrogen-bond donors (Lipinski definition) is 0. The van der Waals surface area contributed by atoms with Crippen molar-refractivity contribution in [1.29, 1.82) is 0 Å². The first-order valence-electron chi connectivity index (χ1n) is 8.76. The molecule has 1 atom stereocenters. The molecule has 0 aliphatic heterocycles. The van der Waals surface area contributed by atoms with Gasteiger partial charge in [0.2, 0.25) is 0 Å². The summed E-state index contributed by atoms with van der Waals surface area (Å²) in [4.78, 5) is 21.6. The number of benzene rings is 2. The molecule has 2 aromatic carbocycles. The van der Waals surface area contributed by atoms with Gasteiger partial charge in [0.1, 0.15) is 17.1 Å². The van der Waals surface area contributed by atoms with Crippen molar-refractivity contribution in [3.05, 3.63) is 72.7 Å². The monoisotopic (exact) mass is 390 g/mol. The Labute approximate surface area is 166 Å². The molecular formula is C21H18N4O2S. The Balaban J connectivity index is 1.60. The molecule has 0 fully saturated rings. The fourth-order valence-electron chi connectivity index (χ4n) is 2.89. The molecule has 6 nitrogen and oxygen atoms in total. The van der Waals surface area contributed by atoms with Gasteiger partial charge in [-0.05, 0) is 43.3 Å². The zero-order valence-electron chi connectivity index (χ0n) is 15.4. The average molecular weight is 390 g/mol. The van der Waals surface area contributed by atoms with E-state index in [4.69, 9.17) is 4.74 Å². The van der Waals surface area contributed by atoms with Crippen LogP contribution in [0.3, 0.4) is 0 Å². The van der Waals surface area contributed by atoms with Crippen molar-refractivity contribution in [2.45, 2.75) is 17.2 Å². The largest absolute Gasteiger partial charge is 0.497 e. The van der Waals surface area contributed by atoms with Gasteiger partial charge in [0.25, 0.3) is 0 Å². The molecule has 0 spiro atoms. The third kappa shape index (κ3) is 3.48. The number of aromatic nitrogens is 4. The molecule has 1 unspecified atom stereocenters. The van der Waals surface area contributed by atoms with Gasteiger partial charge in [-0.15, -0.1) is 0 Å². The number of fused-ring (bicyclic) bond motifs is 1. The lowest BCUT2D eigenvalue weighted by atomic mass is 10.1. The maximum absolute atomic E-state index is 12.8. The molecule has 0 radical (unpaired) electrons. The van der Waals surface area contributed by atoms with Crippen molar-refractivity contribution in [2.75, 3.05) is 7.11 Å². The minimum Gasteiger partial charge on any atom is -0.497 e. The van der Waals surface area contributed by atoms with Crippen LogP contribution in [0.25, 0.3) is 16.7 Å². The van der Waals surface area contributed by atoms with Crippen molar-refractivity contribution in [3.8, 4) is 11.4 Å². The fraction of sp³-hybridized carbons (Fsp3) is 0.143. The number of rotatable bonds is 6. The summed E-state index contributed by atoms with van der Waals surface area (Å²) in [6, 6.07) is 16.9. The van der Waals surface area contributed by atoms with Crippen molar-refractivity contribution >= 4 is 28.6 Å². The summed E-state index contributed by atoms with van der Waals surface area (Å²) < 4.78 is 6.92. The topological polar surface area (TPSA) is 69.9 Å². The highest BCUT2D eigenvalue weighted by Crippen LogP contribution is 2.30. The van der Waals surface area contributed by atoms with Crippen LogP contribution in [0.5, 0.6) is 5.75 Å². The second-order valence-electron chi connectivity index (χ2n) is 6.16. The van der Waals surface area contributed by atoms with Crippen molar-refractivity contribution in [2.24, 2.45) is 0 Å². The van der Waals surface area contributed by atoms with Crippen LogP contribution in [0, 0.1) is 0 Å². The Bertz CT molecular complexity index is 1110. The number of thioether (sulfide) groups is 1. The second-order valence-corrected chi connectivity index (χ2v) is 7.49. The summed E-state index contributed by atoms with van der Waals surface area (Å²) in [5, 5.41) is 5.72. The Kier molecular flexibility index (Phi) is 5.08. The lowest BCUT2D eigenvalue weighted by Crippen LogP contribution is -2.13. The number of nitrogens with zero attached hydrogens (tertiary/aromatic N) is 4. The second kappa shape index (κ2) is 7.82. The average Bonchev–Trinajstić information content (AvgIpc) is 3.19. The Hall–Kier alpha value is -3.19. The van der Waals surface area contributed by atoms with Crippen LogP contribution in [0.2, 0.25) is 0 Å². The van der Waals surface area contributed by atoms with Crippen LogP contribution in [0.1, 0.15) is 17.3 Å². The van der Waals surface area contributed by atoms with E-state index >= 15 is 0 Å². The van der Waals surface area contributed by atoms with Gasteiger partial charge in [-0.3, -0.25) is 4.79 Å². The number of ether oxygens (including phenoxy) is 1. The van der Waals surface area contributed by atoms with E-state index in [-0.39, 0.29) is 11.0 Å². The van der Waals surface area contributed by atoms with E-state index in [2.05, 4.69) is 15.1 Å². The molecule has 0 aliphatic rings. The van der Waals surface area contributed by atoms with Crippen molar-refractivity contribution in [3.63, 3.8) is 0 Å². The van der Waals surface area contributed by atoms with E-state index in [1.54, 1.807) is 42.3 Å². The minimum absolute atomic E-state index is 0.0369. The number of methoxy groups -OCH3 is 1.